The van der Waals surface area contributed by atoms with Crippen LogP contribution in [0.4, 0.5) is 5.69 Å². The number of nitro benzene ring substituents is 1. The largest absolute Gasteiger partial charge is 0.451 e. The lowest BCUT2D eigenvalue weighted by atomic mass is 10.1. The van der Waals surface area contributed by atoms with E-state index in [-0.39, 0.29) is 22.6 Å². The molecule has 6 heteroatoms. The molecule has 2 aromatic carbocycles. The van der Waals surface area contributed by atoms with Crippen LogP contribution in [-0.2, 0) is 4.74 Å². The molecule has 0 bridgehead atoms. The minimum Gasteiger partial charge on any atom is -0.451 e. The van der Waals surface area contributed by atoms with Gasteiger partial charge in [0.2, 0.25) is 5.78 Å². The van der Waals surface area contributed by atoms with Crippen LogP contribution in [0.25, 0.3) is 0 Å². The summed E-state index contributed by atoms with van der Waals surface area (Å²) >= 11 is 0. The molecule has 0 fully saturated rings. The Labute approximate surface area is 132 Å². The smallest absolute Gasteiger partial charge is 0.339 e. The van der Waals surface area contributed by atoms with Gasteiger partial charge < -0.3 is 4.74 Å². The maximum Gasteiger partial charge on any atom is 0.339 e. The number of nitrogens with zero attached hydrogens (tertiary/aromatic N) is 1. The Hall–Kier alpha value is -3.02. The Bertz CT molecular complexity index is 755. The summed E-state index contributed by atoms with van der Waals surface area (Å²) < 4.78 is 5.16. The second-order valence-electron chi connectivity index (χ2n) is 4.98. The number of carbonyl (C=O) groups is 2. The number of nitro groups is 1. The highest BCUT2D eigenvalue weighted by molar-refractivity contribution is 6.01. The molecule has 0 aromatic heterocycles. The lowest BCUT2D eigenvalue weighted by molar-refractivity contribution is -0.385. The van der Waals surface area contributed by atoms with Crippen molar-refractivity contribution in [2.75, 3.05) is 0 Å². The van der Waals surface area contributed by atoms with Gasteiger partial charge in [0, 0.05) is 17.2 Å². The van der Waals surface area contributed by atoms with Crippen molar-refractivity contribution in [3.8, 4) is 0 Å². The monoisotopic (exact) mass is 313 g/mol. The first-order valence-electron chi connectivity index (χ1n) is 6.96. The van der Waals surface area contributed by atoms with Crippen LogP contribution in [0.15, 0.2) is 48.5 Å². The average Bonchev–Trinajstić information content (AvgIpc) is 2.54. The number of ether oxygens (including phenoxy) is 1. The van der Waals surface area contributed by atoms with Gasteiger partial charge in [0.1, 0.15) is 0 Å². The molecule has 0 aliphatic heterocycles. The van der Waals surface area contributed by atoms with Crippen LogP contribution < -0.4 is 0 Å². The van der Waals surface area contributed by atoms with Crippen molar-refractivity contribution in [1.82, 2.24) is 0 Å². The van der Waals surface area contributed by atoms with Crippen LogP contribution in [-0.4, -0.2) is 22.8 Å². The number of Topliss-reactive ketones (excluding diaryl/α,β-unsaturated/α-hetero) is 1. The maximum absolute atomic E-state index is 12.2. The van der Waals surface area contributed by atoms with E-state index in [9.17, 15) is 19.7 Å². The fraction of sp³-hybridized carbons (Fsp3) is 0.176. The van der Waals surface area contributed by atoms with E-state index in [1.807, 2.05) is 0 Å². The number of rotatable bonds is 5. The Kier molecular flexibility index (Phi) is 4.85. The Morgan fingerprint density at radius 1 is 1.09 bits per heavy atom. The molecular weight excluding hydrogens is 298 g/mol. The summed E-state index contributed by atoms with van der Waals surface area (Å²) in [5.74, 6) is -1.09. The normalized spacial score (nSPS) is 11.6. The van der Waals surface area contributed by atoms with E-state index >= 15 is 0 Å². The molecule has 0 spiro atoms. The van der Waals surface area contributed by atoms with Crippen LogP contribution in [0.1, 0.15) is 33.2 Å². The highest BCUT2D eigenvalue weighted by Gasteiger charge is 2.23. The molecule has 6 nitrogen and oxygen atoms in total. The van der Waals surface area contributed by atoms with Crippen molar-refractivity contribution in [2.45, 2.75) is 20.0 Å². The lowest BCUT2D eigenvalue weighted by Crippen LogP contribution is -2.24. The third-order valence-electron chi connectivity index (χ3n) is 3.43. The zero-order valence-electron chi connectivity index (χ0n) is 12.7. The molecule has 2 rings (SSSR count). The molecule has 0 N–H and O–H groups in total. The summed E-state index contributed by atoms with van der Waals surface area (Å²) in [6.07, 6.45) is -0.983. The first-order valence-corrected chi connectivity index (χ1v) is 6.96. The first kappa shape index (κ1) is 16.4. The Morgan fingerprint density at radius 2 is 1.74 bits per heavy atom. The predicted octanol–water partition coefficient (Wildman–Crippen LogP) is 3.33. The third kappa shape index (κ3) is 3.60. The quantitative estimate of drug-likeness (QED) is 0.366. The zero-order valence-corrected chi connectivity index (χ0v) is 12.7. The van der Waals surface area contributed by atoms with Gasteiger partial charge in [-0.1, -0.05) is 36.4 Å². The molecular formula is C17H15NO5. The van der Waals surface area contributed by atoms with E-state index in [1.54, 1.807) is 30.3 Å². The van der Waals surface area contributed by atoms with E-state index in [2.05, 4.69) is 0 Å². The molecule has 0 aliphatic carbocycles. The van der Waals surface area contributed by atoms with E-state index < -0.39 is 17.0 Å². The van der Waals surface area contributed by atoms with Gasteiger partial charge in [-0.15, -0.1) is 0 Å². The maximum atomic E-state index is 12.2. The molecule has 1 atom stereocenters. The van der Waals surface area contributed by atoms with Gasteiger partial charge in [-0.25, -0.2) is 4.79 Å². The van der Waals surface area contributed by atoms with Crippen molar-refractivity contribution in [2.24, 2.45) is 0 Å². The zero-order chi connectivity index (χ0) is 17.0. The molecule has 0 saturated carbocycles. The molecule has 0 unspecified atom stereocenters. The summed E-state index contributed by atoms with van der Waals surface area (Å²) in [5.41, 5.74) is 0.554. The van der Waals surface area contributed by atoms with Crippen LogP contribution in [0, 0.1) is 17.0 Å². The van der Waals surface area contributed by atoms with E-state index in [1.165, 1.54) is 32.0 Å². The molecule has 0 aliphatic rings. The predicted molar refractivity (Wildman–Crippen MR) is 83.5 cm³/mol. The van der Waals surface area contributed by atoms with Gasteiger partial charge in [-0.3, -0.25) is 14.9 Å². The topological polar surface area (TPSA) is 86.5 Å². The van der Waals surface area contributed by atoms with Gasteiger partial charge >= 0.3 is 5.97 Å². The van der Waals surface area contributed by atoms with Gasteiger partial charge in [-0.2, -0.15) is 0 Å². The summed E-state index contributed by atoms with van der Waals surface area (Å²) in [6.45, 7) is 2.94. The van der Waals surface area contributed by atoms with Gasteiger partial charge in [-0.05, 0) is 19.9 Å². The van der Waals surface area contributed by atoms with E-state index in [4.69, 9.17) is 4.74 Å². The Balaban J connectivity index is 2.18. The first-order chi connectivity index (χ1) is 10.9. The number of esters is 1. The van der Waals surface area contributed by atoms with Gasteiger partial charge in [0.25, 0.3) is 5.69 Å². The molecule has 0 amide bonds. The van der Waals surface area contributed by atoms with Crippen molar-refractivity contribution in [1.29, 1.82) is 0 Å². The summed E-state index contributed by atoms with van der Waals surface area (Å²) in [6, 6.07) is 12.6. The Morgan fingerprint density at radius 3 is 2.35 bits per heavy atom. The third-order valence-corrected chi connectivity index (χ3v) is 3.43. The molecule has 0 heterocycles. The van der Waals surface area contributed by atoms with Crippen LogP contribution in [0.5, 0.6) is 0 Å². The minimum atomic E-state index is -0.983. The SMILES string of the molecule is Cc1c(C(=O)O[C@@H](C)C(=O)c2ccccc2)cccc1[N+](=O)[O-]. The number of benzene rings is 2. The molecule has 0 radical (unpaired) electrons. The number of hydrogen-bond acceptors (Lipinski definition) is 5. The second kappa shape index (κ2) is 6.83. The van der Waals surface area contributed by atoms with E-state index in [0.717, 1.165) is 0 Å². The molecule has 2 aromatic rings. The standard InChI is InChI=1S/C17H15NO5/c1-11-14(9-6-10-15(11)18(21)22)17(20)23-12(2)16(19)13-7-4-3-5-8-13/h3-10,12H,1-2H3/t12-/m0/s1. The summed E-state index contributed by atoms with van der Waals surface area (Å²) in [5, 5.41) is 10.9. The van der Waals surface area contributed by atoms with Crippen molar-refractivity contribution in [3.63, 3.8) is 0 Å². The number of hydrogen-bond donors (Lipinski definition) is 0. The van der Waals surface area contributed by atoms with Crippen molar-refractivity contribution < 1.29 is 19.2 Å². The highest BCUT2D eigenvalue weighted by atomic mass is 16.6. The van der Waals surface area contributed by atoms with Gasteiger partial charge in [0.05, 0.1) is 10.5 Å². The second-order valence-corrected chi connectivity index (χ2v) is 4.98. The molecule has 23 heavy (non-hydrogen) atoms. The fourth-order valence-corrected chi connectivity index (χ4v) is 2.16. The minimum absolute atomic E-state index is 0.0758. The summed E-state index contributed by atoms with van der Waals surface area (Å²) in [4.78, 5) is 34.7. The lowest BCUT2D eigenvalue weighted by Gasteiger charge is -2.13. The fourth-order valence-electron chi connectivity index (χ4n) is 2.16. The van der Waals surface area contributed by atoms with Gasteiger partial charge in [0.15, 0.2) is 6.10 Å². The summed E-state index contributed by atoms with van der Waals surface area (Å²) in [7, 11) is 0. The molecule has 118 valence electrons. The van der Waals surface area contributed by atoms with Crippen LogP contribution in [0.2, 0.25) is 0 Å². The number of carbonyl (C=O) groups excluding carboxylic acids is 2. The van der Waals surface area contributed by atoms with Crippen molar-refractivity contribution >= 4 is 17.4 Å². The number of ketones is 1. The van der Waals surface area contributed by atoms with Crippen LogP contribution in [0.3, 0.4) is 0 Å². The average molecular weight is 313 g/mol. The molecule has 0 saturated heterocycles. The highest BCUT2D eigenvalue weighted by Crippen LogP contribution is 2.22. The van der Waals surface area contributed by atoms with Crippen molar-refractivity contribution in [3.05, 3.63) is 75.3 Å². The van der Waals surface area contributed by atoms with E-state index in [0.29, 0.717) is 5.56 Å². The van der Waals surface area contributed by atoms with Crippen LogP contribution >= 0.6 is 0 Å².